The molecule has 1 aliphatic heterocycles. The van der Waals surface area contributed by atoms with Crippen LogP contribution in [-0.2, 0) is 10.3 Å². The molecule has 0 atom stereocenters. The van der Waals surface area contributed by atoms with E-state index in [4.69, 9.17) is 21.1 Å². The Morgan fingerprint density at radius 3 is 2.69 bits per heavy atom. The Morgan fingerprint density at radius 1 is 1.38 bits per heavy atom. The summed E-state index contributed by atoms with van der Waals surface area (Å²) in [6.45, 7) is 1.14. The molecule has 1 aromatic carbocycles. The van der Waals surface area contributed by atoms with Crippen molar-refractivity contribution in [2.45, 2.75) is 18.4 Å². The van der Waals surface area contributed by atoms with Crippen molar-refractivity contribution >= 4 is 11.6 Å². The molecule has 1 heterocycles. The van der Waals surface area contributed by atoms with Crippen LogP contribution >= 0.6 is 11.6 Å². The highest BCUT2D eigenvalue weighted by Crippen LogP contribution is 2.38. The highest BCUT2D eigenvalue weighted by atomic mass is 35.5. The van der Waals surface area contributed by atoms with Crippen LogP contribution in [0.15, 0.2) is 18.2 Å². The molecule has 0 bridgehead atoms. The maximum absolute atomic E-state index is 10.5. The molecule has 1 aliphatic rings. The molecule has 16 heavy (non-hydrogen) atoms. The van der Waals surface area contributed by atoms with Gasteiger partial charge in [-0.2, -0.15) is 0 Å². The van der Waals surface area contributed by atoms with Crippen LogP contribution in [0.5, 0.6) is 5.75 Å². The fourth-order valence-corrected chi connectivity index (χ4v) is 2.19. The van der Waals surface area contributed by atoms with Gasteiger partial charge in [0.15, 0.2) is 0 Å². The van der Waals surface area contributed by atoms with Crippen molar-refractivity contribution in [2.75, 3.05) is 20.3 Å². The van der Waals surface area contributed by atoms with E-state index in [0.717, 1.165) is 5.56 Å². The minimum atomic E-state index is -0.853. The zero-order chi connectivity index (χ0) is 11.6. The molecule has 0 radical (unpaired) electrons. The van der Waals surface area contributed by atoms with Gasteiger partial charge >= 0.3 is 0 Å². The second kappa shape index (κ2) is 4.62. The lowest BCUT2D eigenvalue weighted by Crippen LogP contribution is -2.33. The van der Waals surface area contributed by atoms with E-state index in [1.807, 2.05) is 6.07 Å². The van der Waals surface area contributed by atoms with Crippen molar-refractivity contribution in [3.8, 4) is 5.75 Å². The summed E-state index contributed by atoms with van der Waals surface area (Å²) in [4.78, 5) is 0. The largest absolute Gasteiger partial charge is 0.496 e. The quantitative estimate of drug-likeness (QED) is 0.865. The van der Waals surface area contributed by atoms with Gasteiger partial charge in [0.25, 0.3) is 0 Å². The molecular weight excluding hydrogens is 228 g/mol. The van der Waals surface area contributed by atoms with Crippen molar-refractivity contribution in [2.24, 2.45) is 0 Å². The smallest absolute Gasteiger partial charge is 0.126 e. The average molecular weight is 243 g/mol. The van der Waals surface area contributed by atoms with Gasteiger partial charge in [0.1, 0.15) is 5.75 Å². The third-order valence-corrected chi connectivity index (χ3v) is 3.22. The number of methoxy groups -OCH3 is 1. The van der Waals surface area contributed by atoms with E-state index in [-0.39, 0.29) is 0 Å². The standard InChI is InChI=1S/C12H15ClO3/c1-15-11-8-9(13)2-3-10(11)12(14)4-6-16-7-5-12/h2-3,8,14H,4-7H2,1H3. The number of hydrogen-bond acceptors (Lipinski definition) is 3. The van der Waals surface area contributed by atoms with Crippen LogP contribution in [0.2, 0.25) is 5.02 Å². The van der Waals surface area contributed by atoms with Crippen LogP contribution in [0.4, 0.5) is 0 Å². The molecule has 88 valence electrons. The Bertz CT molecular complexity index is 373. The Balaban J connectivity index is 2.37. The molecule has 1 saturated heterocycles. The first-order valence-electron chi connectivity index (χ1n) is 5.30. The number of benzene rings is 1. The lowest BCUT2D eigenvalue weighted by molar-refractivity contribution is -0.0689. The van der Waals surface area contributed by atoms with Crippen LogP contribution in [-0.4, -0.2) is 25.4 Å². The summed E-state index contributed by atoms with van der Waals surface area (Å²) < 4.78 is 10.5. The molecule has 4 heteroatoms. The summed E-state index contributed by atoms with van der Waals surface area (Å²) in [5, 5.41) is 11.1. The van der Waals surface area contributed by atoms with E-state index in [0.29, 0.717) is 36.8 Å². The Labute approximate surface area is 99.9 Å². The Kier molecular flexibility index (Phi) is 3.38. The molecule has 1 N–H and O–H groups in total. The Hall–Kier alpha value is -0.770. The van der Waals surface area contributed by atoms with Crippen LogP contribution in [0.25, 0.3) is 0 Å². The summed E-state index contributed by atoms with van der Waals surface area (Å²) in [6.07, 6.45) is 1.18. The van der Waals surface area contributed by atoms with Gasteiger partial charge < -0.3 is 14.6 Å². The van der Waals surface area contributed by atoms with Crippen molar-refractivity contribution in [3.63, 3.8) is 0 Å². The van der Waals surface area contributed by atoms with Gasteiger partial charge in [-0.3, -0.25) is 0 Å². The van der Waals surface area contributed by atoms with Gasteiger partial charge in [-0.1, -0.05) is 17.7 Å². The van der Waals surface area contributed by atoms with Crippen molar-refractivity contribution in [3.05, 3.63) is 28.8 Å². The number of halogens is 1. The molecule has 0 amide bonds. The predicted molar refractivity (Wildman–Crippen MR) is 62.0 cm³/mol. The zero-order valence-corrected chi connectivity index (χ0v) is 9.96. The highest BCUT2D eigenvalue weighted by Gasteiger charge is 2.34. The molecule has 0 aromatic heterocycles. The fraction of sp³-hybridized carbons (Fsp3) is 0.500. The van der Waals surface area contributed by atoms with E-state index in [9.17, 15) is 5.11 Å². The lowest BCUT2D eigenvalue weighted by atomic mass is 9.86. The van der Waals surface area contributed by atoms with Gasteiger partial charge in [-0.15, -0.1) is 0 Å². The SMILES string of the molecule is COc1cc(Cl)ccc1C1(O)CCOCC1. The van der Waals surface area contributed by atoms with E-state index in [2.05, 4.69) is 0 Å². The molecule has 1 aromatic rings. The monoisotopic (exact) mass is 242 g/mol. The van der Waals surface area contributed by atoms with Crippen molar-refractivity contribution in [1.82, 2.24) is 0 Å². The molecule has 0 saturated carbocycles. The molecule has 0 unspecified atom stereocenters. The maximum Gasteiger partial charge on any atom is 0.126 e. The van der Waals surface area contributed by atoms with Crippen molar-refractivity contribution in [1.29, 1.82) is 0 Å². The molecule has 1 fully saturated rings. The zero-order valence-electron chi connectivity index (χ0n) is 9.20. The first-order valence-corrected chi connectivity index (χ1v) is 5.68. The van der Waals surface area contributed by atoms with Gasteiger partial charge in [0.2, 0.25) is 0 Å². The van der Waals surface area contributed by atoms with E-state index in [1.54, 1.807) is 19.2 Å². The average Bonchev–Trinajstić information content (AvgIpc) is 2.29. The first kappa shape index (κ1) is 11.7. The summed E-state index contributed by atoms with van der Waals surface area (Å²) >= 11 is 5.89. The fourth-order valence-electron chi connectivity index (χ4n) is 2.03. The summed E-state index contributed by atoms with van der Waals surface area (Å²) in [5.41, 5.74) is -0.0588. The minimum Gasteiger partial charge on any atom is -0.496 e. The van der Waals surface area contributed by atoms with E-state index < -0.39 is 5.60 Å². The third kappa shape index (κ3) is 2.17. The maximum atomic E-state index is 10.5. The second-order valence-electron chi connectivity index (χ2n) is 3.99. The number of ether oxygens (including phenoxy) is 2. The number of aliphatic hydroxyl groups is 1. The minimum absolute atomic E-state index is 0.572. The van der Waals surface area contributed by atoms with E-state index in [1.165, 1.54) is 0 Å². The van der Waals surface area contributed by atoms with Gasteiger partial charge in [0.05, 0.1) is 12.7 Å². The Morgan fingerprint density at radius 2 is 2.06 bits per heavy atom. The van der Waals surface area contributed by atoms with Crippen molar-refractivity contribution < 1.29 is 14.6 Å². The summed E-state index contributed by atoms with van der Waals surface area (Å²) in [5.74, 6) is 0.636. The highest BCUT2D eigenvalue weighted by molar-refractivity contribution is 6.30. The third-order valence-electron chi connectivity index (χ3n) is 2.98. The lowest BCUT2D eigenvalue weighted by Gasteiger charge is -2.33. The summed E-state index contributed by atoms with van der Waals surface area (Å²) in [6, 6.07) is 5.32. The first-order chi connectivity index (χ1) is 7.65. The molecular formula is C12H15ClO3. The summed E-state index contributed by atoms with van der Waals surface area (Å²) in [7, 11) is 1.58. The molecule has 3 nitrogen and oxygen atoms in total. The number of rotatable bonds is 2. The topological polar surface area (TPSA) is 38.7 Å². The van der Waals surface area contributed by atoms with Crippen LogP contribution in [0.1, 0.15) is 18.4 Å². The van der Waals surface area contributed by atoms with Gasteiger partial charge in [-0.25, -0.2) is 0 Å². The van der Waals surface area contributed by atoms with Crippen LogP contribution in [0, 0.1) is 0 Å². The normalized spacial score (nSPS) is 19.4. The number of hydrogen-bond donors (Lipinski definition) is 1. The predicted octanol–water partition coefficient (Wildman–Crippen LogP) is 2.35. The van der Waals surface area contributed by atoms with E-state index >= 15 is 0 Å². The second-order valence-corrected chi connectivity index (χ2v) is 4.42. The molecule has 0 spiro atoms. The van der Waals surface area contributed by atoms with Crippen LogP contribution in [0.3, 0.4) is 0 Å². The van der Waals surface area contributed by atoms with Crippen LogP contribution < -0.4 is 4.74 Å². The van der Waals surface area contributed by atoms with Gasteiger partial charge in [-0.05, 0) is 12.1 Å². The molecule has 0 aliphatic carbocycles. The molecule has 2 rings (SSSR count). The van der Waals surface area contributed by atoms with Gasteiger partial charge in [0, 0.05) is 36.6 Å².